The fourth-order valence-electron chi connectivity index (χ4n) is 3.77. The number of halogens is 1. The minimum absolute atomic E-state index is 0.0202. The third kappa shape index (κ3) is 4.00. The first-order valence-electron chi connectivity index (χ1n) is 9.42. The summed E-state index contributed by atoms with van der Waals surface area (Å²) in [4.78, 5) is 29.6. The average molecular weight is 460 g/mol. The number of benzene rings is 1. The molecule has 0 bridgehead atoms. The molecule has 2 saturated heterocycles. The van der Waals surface area contributed by atoms with E-state index in [2.05, 4.69) is 32.7 Å². The zero-order valence-electron chi connectivity index (χ0n) is 15.5. The molecule has 4 rings (SSSR count). The summed E-state index contributed by atoms with van der Waals surface area (Å²) in [6, 6.07) is 11.4. The van der Waals surface area contributed by atoms with Crippen molar-refractivity contribution in [2.24, 2.45) is 0 Å². The van der Waals surface area contributed by atoms with Gasteiger partial charge >= 0.3 is 0 Å². The summed E-state index contributed by atoms with van der Waals surface area (Å²) >= 11 is 4.81. The van der Waals surface area contributed by atoms with Gasteiger partial charge in [-0.15, -0.1) is 11.3 Å². The number of carbonyl (C=O) groups excluding carboxylic acids is 2. The van der Waals surface area contributed by atoms with Gasteiger partial charge in [-0.25, -0.2) is 0 Å². The smallest absolute Gasteiger partial charge is 0.261 e. The number of nitrogens with one attached hydrogen (secondary N) is 1. The summed E-state index contributed by atoms with van der Waals surface area (Å²) in [6.45, 7) is 6.54. The quantitative estimate of drug-likeness (QED) is 0.742. The second-order valence-electron chi connectivity index (χ2n) is 7.20. The predicted octanol–water partition coefficient (Wildman–Crippen LogP) is 4.27. The molecule has 2 aliphatic rings. The molecular weight excluding hydrogens is 438 g/mol. The van der Waals surface area contributed by atoms with Crippen molar-refractivity contribution in [3.63, 3.8) is 0 Å². The van der Waals surface area contributed by atoms with Crippen LogP contribution < -0.4 is 10.2 Å². The average Bonchev–Trinajstić information content (AvgIpc) is 3.43. The van der Waals surface area contributed by atoms with E-state index in [4.69, 9.17) is 0 Å². The van der Waals surface area contributed by atoms with Crippen molar-refractivity contribution < 1.29 is 9.59 Å². The summed E-state index contributed by atoms with van der Waals surface area (Å²) in [5, 5.41) is 3.09. The number of nitrogens with zero attached hydrogens (tertiary/aromatic N) is 2. The molecule has 1 aromatic heterocycles. The molecule has 2 aromatic rings. The van der Waals surface area contributed by atoms with E-state index >= 15 is 0 Å². The van der Waals surface area contributed by atoms with E-state index in [1.807, 2.05) is 41.3 Å². The molecule has 146 valence electrons. The van der Waals surface area contributed by atoms with E-state index in [1.165, 1.54) is 11.3 Å². The fraction of sp³-hybridized carbons (Fsp3) is 0.333. The molecule has 5 nitrogen and oxygen atoms in total. The molecule has 3 heterocycles. The molecule has 1 unspecified atom stereocenters. The maximum atomic E-state index is 12.5. The maximum Gasteiger partial charge on any atom is 0.261 e. The largest absolute Gasteiger partial charge is 0.346 e. The minimum Gasteiger partial charge on any atom is -0.346 e. The van der Waals surface area contributed by atoms with Crippen LogP contribution >= 0.6 is 27.3 Å². The van der Waals surface area contributed by atoms with E-state index in [9.17, 15) is 9.59 Å². The van der Waals surface area contributed by atoms with Gasteiger partial charge in [-0.2, -0.15) is 0 Å². The number of carbonyl (C=O) groups is 2. The van der Waals surface area contributed by atoms with Gasteiger partial charge in [-0.05, 0) is 65.2 Å². The minimum atomic E-state index is -0.0538. The first kappa shape index (κ1) is 19.2. The van der Waals surface area contributed by atoms with Crippen LogP contribution in [0, 0.1) is 0 Å². The zero-order chi connectivity index (χ0) is 19.7. The van der Waals surface area contributed by atoms with Gasteiger partial charge in [0, 0.05) is 43.0 Å². The highest BCUT2D eigenvalue weighted by atomic mass is 79.9. The van der Waals surface area contributed by atoms with Crippen molar-refractivity contribution in [3.05, 3.63) is 62.9 Å². The topological polar surface area (TPSA) is 52.7 Å². The molecule has 0 spiro atoms. The number of anilines is 1. The van der Waals surface area contributed by atoms with Gasteiger partial charge in [0.05, 0.1) is 14.7 Å². The highest BCUT2D eigenvalue weighted by molar-refractivity contribution is 9.11. The van der Waals surface area contributed by atoms with Gasteiger partial charge in [0.2, 0.25) is 0 Å². The Morgan fingerprint density at radius 3 is 2.46 bits per heavy atom. The van der Waals surface area contributed by atoms with Gasteiger partial charge in [-0.3, -0.25) is 9.59 Å². The Kier molecular flexibility index (Phi) is 5.55. The van der Waals surface area contributed by atoms with Crippen molar-refractivity contribution in [2.75, 3.05) is 24.5 Å². The van der Waals surface area contributed by atoms with Crippen molar-refractivity contribution in [1.29, 1.82) is 0 Å². The number of amides is 2. The van der Waals surface area contributed by atoms with Crippen molar-refractivity contribution >= 4 is 44.8 Å². The summed E-state index contributed by atoms with van der Waals surface area (Å²) in [5.74, 6) is 0.0541. The highest BCUT2D eigenvalue weighted by Gasteiger charge is 2.28. The molecular formula is C21H22BrN3O2S. The van der Waals surface area contributed by atoms with Crippen LogP contribution in [0.5, 0.6) is 0 Å². The third-order valence-electron chi connectivity index (χ3n) is 5.22. The molecule has 2 fully saturated rings. The van der Waals surface area contributed by atoms with E-state index < -0.39 is 0 Å². The molecule has 0 radical (unpaired) electrons. The standard InChI is InChI=1S/C21H22BrN3O2S/c1-14-12-16(23-20(26)18-8-9-19(22)28-18)13-25(14)17-6-4-15(5-7-17)21(27)24-10-2-3-11-24/h4-9,16H,1-3,10-13H2,(H,23,26). The van der Waals surface area contributed by atoms with Crippen LogP contribution in [0.3, 0.4) is 0 Å². The molecule has 2 aliphatic heterocycles. The molecule has 1 N–H and O–H groups in total. The Hall–Kier alpha value is -2.12. The van der Waals surface area contributed by atoms with Crippen LogP contribution in [0.25, 0.3) is 0 Å². The number of likely N-dealkylation sites (tertiary alicyclic amines) is 1. The summed E-state index contributed by atoms with van der Waals surface area (Å²) in [7, 11) is 0. The molecule has 1 atom stereocenters. The summed E-state index contributed by atoms with van der Waals surface area (Å²) < 4.78 is 0.943. The number of hydrogen-bond donors (Lipinski definition) is 1. The Balaban J connectivity index is 1.39. The first-order chi connectivity index (χ1) is 13.5. The van der Waals surface area contributed by atoms with Gasteiger partial charge < -0.3 is 15.1 Å². The van der Waals surface area contributed by atoms with E-state index in [0.717, 1.165) is 46.7 Å². The van der Waals surface area contributed by atoms with Crippen LogP contribution in [0.15, 0.2) is 52.5 Å². The Morgan fingerprint density at radius 2 is 1.82 bits per heavy atom. The van der Waals surface area contributed by atoms with E-state index in [-0.39, 0.29) is 17.9 Å². The van der Waals surface area contributed by atoms with Gasteiger partial charge in [0.25, 0.3) is 11.8 Å². The highest BCUT2D eigenvalue weighted by Crippen LogP contribution is 2.29. The van der Waals surface area contributed by atoms with E-state index in [1.54, 1.807) is 0 Å². The lowest BCUT2D eigenvalue weighted by atomic mass is 10.1. The molecule has 7 heteroatoms. The normalized spacial score (nSPS) is 19.3. The monoisotopic (exact) mass is 459 g/mol. The summed E-state index contributed by atoms with van der Waals surface area (Å²) in [6.07, 6.45) is 2.90. The zero-order valence-corrected chi connectivity index (χ0v) is 17.9. The molecule has 0 aliphatic carbocycles. The maximum absolute atomic E-state index is 12.5. The van der Waals surface area contributed by atoms with Crippen LogP contribution in [-0.4, -0.2) is 42.4 Å². The lowest BCUT2D eigenvalue weighted by molar-refractivity contribution is 0.0792. The molecule has 2 amide bonds. The second kappa shape index (κ2) is 8.09. The van der Waals surface area contributed by atoms with Crippen molar-refractivity contribution in [3.8, 4) is 0 Å². The number of hydrogen-bond acceptors (Lipinski definition) is 4. The van der Waals surface area contributed by atoms with Gasteiger partial charge in [-0.1, -0.05) is 6.58 Å². The SMILES string of the molecule is C=C1CC(NC(=O)c2ccc(Br)s2)CN1c1ccc(C(=O)N2CCCC2)cc1. The third-order valence-corrected chi connectivity index (χ3v) is 6.84. The molecule has 0 saturated carbocycles. The summed E-state index contributed by atoms with van der Waals surface area (Å²) in [5.41, 5.74) is 2.69. The van der Waals surface area contributed by atoms with Crippen molar-refractivity contribution in [2.45, 2.75) is 25.3 Å². The first-order valence-corrected chi connectivity index (χ1v) is 11.0. The van der Waals surface area contributed by atoms with Gasteiger partial charge in [0.15, 0.2) is 0 Å². The van der Waals surface area contributed by atoms with Crippen LogP contribution in [0.1, 0.15) is 39.3 Å². The van der Waals surface area contributed by atoms with Gasteiger partial charge in [0.1, 0.15) is 0 Å². The van der Waals surface area contributed by atoms with Crippen LogP contribution in [-0.2, 0) is 0 Å². The van der Waals surface area contributed by atoms with Crippen LogP contribution in [0.4, 0.5) is 5.69 Å². The molecule has 1 aromatic carbocycles. The lowest BCUT2D eigenvalue weighted by Crippen LogP contribution is -2.36. The fourth-order valence-corrected chi connectivity index (χ4v) is 5.06. The Bertz CT molecular complexity index is 903. The number of thiophene rings is 1. The van der Waals surface area contributed by atoms with Crippen LogP contribution in [0.2, 0.25) is 0 Å². The Labute approximate surface area is 177 Å². The Morgan fingerprint density at radius 1 is 1.11 bits per heavy atom. The number of rotatable bonds is 4. The van der Waals surface area contributed by atoms with E-state index in [0.29, 0.717) is 17.8 Å². The molecule has 28 heavy (non-hydrogen) atoms. The van der Waals surface area contributed by atoms with Crippen molar-refractivity contribution in [1.82, 2.24) is 10.2 Å². The predicted molar refractivity (Wildman–Crippen MR) is 116 cm³/mol. The second-order valence-corrected chi connectivity index (χ2v) is 9.66. The lowest BCUT2D eigenvalue weighted by Gasteiger charge is -2.21.